The highest BCUT2D eigenvalue weighted by atomic mass is 19.3. The Kier molecular flexibility index (Phi) is 9.42. The van der Waals surface area contributed by atoms with Gasteiger partial charge in [0.1, 0.15) is 11.4 Å². The molecule has 1 aliphatic rings. The summed E-state index contributed by atoms with van der Waals surface area (Å²) in [6.45, 7) is 10.6. The number of piperidine rings is 1. The molecule has 1 N–H and O–H groups in total. The summed E-state index contributed by atoms with van der Waals surface area (Å²) in [5, 5.41) is 3.16. The van der Waals surface area contributed by atoms with Gasteiger partial charge >= 0.3 is 6.61 Å². The van der Waals surface area contributed by atoms with Gasteiger partial charge in [-0.25, -0.2) is 4.39 Å². The molecule has 2 nitrogen and oxygen atoms in total. The molecular weight excluding hydrogens is 399 g/mol. The van der Waals surface area contributed by atoms with Crippen molar-refractivity contribution in [3.8, 4) is 5.75 Å². The summed E-state index contributed by atoms with van der Waals surface area (Å²) in [6, 6.07) is 4.74. The van der Waals surface area contributed by atoms with Crippen LogP contribution in [0.25, 0.3) is 5.57 Å². The van der Waals surface area contributed by atoms with Crippen LogP contribution in [0.2, 0.25) is 0 Å². The van der Waals surface area contributed by atoms with Gasteiger partial charge in [-0.1, -0.05) is 51.1 Å². The second-order valence-electron chi connectivity index (χ2n) is 8.41. The van der Waals surface area contributed by atoms with Gasteiger partial charge in [0, 0.05) is 5.56 Å². The highest BCUT2D eigenvalue weighted by Crippen LogP contribution is 2.39. The van der Waals surface area contributed by atoms with E-state index < -0.39 is 12.3 Å². The standard InChI is InChI=1S/C26H36F3NO/c1-6-19(4)21(7-2)16-18(3)8-9-20(5)23-17-22(10-11-24(23)31-25(27)28)26(29)12-14-30-15-13-26/h9-11,16-18,25,30H,4,6-8,12-15H2,1-3,5H3/b20-9-,21-16-. The molecule has 172 valence electrons. The minimum absolute atomic E-state index is 0.0850. The summed E-state index contributed by atoms with van der Waals surface area (Å²) in [5.74, 6) is 0.356. The van der Waals surface area contributed by atoms with Crippen molar-refractivity contribution in [2.75, 3.05) is 13.1 Å². The lowest BCUT2D eigenvalue weighted by molar-refractivity contribution is -0.0500. The molecule has 0 radical (unpaired) electrons. The number of hydrogen-bond donors (Lipinski definition) is 1. The van der Waals surface area contributed by atoms with Crippen LogP contribution in [0.1, 0.15) is 70.9 Å². The number of allylic oxidation sites excluding steroid dienone is 5. The fourth-order valence-corrected chi connectivity index (χ4v) is 4.02. The fraction of sp³-hybridized carbons (Fsp3) is 0.538. The molecule has 0 aliphatic carbocycles. The second kappa shape index (κ2) is 11.6. The third-order valence-electron chi connectivity index (χ3n) is 6.08. The summed E-state index contributed by atoms with van der Waals surface area (Å²) in [6.07, 6.45) is 7.59. The molecule has 1 fully saturated rings. The molecule has 0 aromatic heterocycles. The van der Waals surface area contributed by atoms with Crippen molar-refractivity contribution in [1.29, 1.82) is 0 Å². The van der Waals surface area contributed by atoms with Crippen LogP contribution in [-0.4, -0.2) is 19.7 Å². The molecule has 1 aromatic carbocycles. The molecule has 2 rings (SSSR count). The van der Waals surface area contributed by atoms with Gasteiger partial charge in [0.25, 0.3) is 0 Å². The van der Waals surface area contributed by atoms with E-state index in [-0.39, 0.29) is 11.7 Å². The Bertz CT molecular complexity index is 807. The Labute approximate surface area is 185 Å². The number of benzene rings is 1. The predicted molar refractivity (Wildman–Crippen MR) is 123 cm³/mol. The summed E-state index contributed by atoms with van der Waals surface area (Å²) in [5.41, 5.74) is 2.82. The van der Waals surface area contributed by atoms with Crippen LogP contribution in [-0.2, 0) is 5.67 Å². The van der Waals surface area contributed by atoms with Crippen LogP contribution in [0.4, 0.5) is 13.2 Å². The Morgan fingerprint density at radius 2 is 1.90 bits per heavy atom. The van der Waals surface area contributed by atoms with Crippen molar-refractivity contribution in [3.63, 3.8) is 0 Å². The summed E-state index contributed by atoms with van der Waals surface area (Å²) in [4.78, 5) is 0. The van der Waals surface area contributed by atoms with Crippen LogP contribution in [0.3, 0.4) is 0 Å². The molecule has 0 amide bonds. The lowest BCUT2D eigenvalue weighted by Crippen LogP contribution is -2.36. The molecule has 31 heavy (non-hydrogen) atoms. The van der Waals surface area contributed by atoms with Gasteiger partial charge < -0.3 is 10.1 Å². The first-order valence-corrected chi connectivity index (χ1v) is 11.2. The maximum absolute atomic E-state index is 15.5. The third-order valence-corrected chi connectivity index (χ3v) is 6.08. The van der Waals surface area contributed by atoms with E-state index in [1.165, 1.54) is 11.6 Å². The molecule has 1 atom stereocenters. The Morgan fingerprint density at radius 3 is 2.48 bits per heavy atom. The average molecular weight is 436 g/mol. The van der Waals surface area contributed by atoms with Gasteiger partial charge in [-0.15, -0.1) is 0 Å². The van der Waals surface area contributed by atoms with Gasteiger partial charge in [-0.05, 0) is 86.9 Å². The molecular formula is C26H36F3NO. The van der Waals surface area contributed by atoms with E-state index in [1.54, 1.807) is 12.1 Å². The zero-order chi connectivity index (χ0) is 23.0. The minimum Gasteiger partial charge on any atom is -0.434 e. The largest absolute Gasteiger partial charge is 0.434 e. The van der Waals surface area contributed by atoms with E-state index in [0.29, 0.717) is 37.1 Å². The smallest absolute Gasteiger partial charge is 0.387 e. The van der Waals surface area contributed by atoms with E-state index in [4.69, 9.17) is 4.74 Å². The Hall–Kier alpha value is -2.01. The first kappa shape index (κ1) is 25.3. The molecule has 0 spiro atoms. The van der Waals surface area contributed by atoms with E-state index >= 15 is 4.39 Å². The Morgan fingerprint density at radius 1 is 1.23 bits per heavy atom. The average Bonchev–Trinajstić information content (AvgIpc) is 2.75. The van der Waals surface area contributed by atoms with Crippen LogP contribution >= 0.6 is 0 Å². The maximum atomic E-state index is 15.5. The maximum Gasteiger partial charge on any atom is 0.387 e. The zero-order valence-electron chi connectivity index (χ0n) is 19.2. The lowest BCUT2D eigenvalue weighted by atomic mass is 9.85. The fourth-order valence-electron chi connectivity index (χ4n) is 4.02. The molecule has 1 aromatic rings. The van der Waals surface area contributed by atoms with Crippen molar-refractivity contribution >= 4 is 5.57 Å². The van der Waals surface area contributed by atoms with E-state index in [0.717, 1.165) is 30.4 Å². The number of ether oxygens (including phenoxy) is 1. The second-order valence-corrected chi connectivity index (χ2v) is 8.41. The van der Waals surface area contributed by atoms with Crippen molar-refractivity contribution < 1.29 is 17.9 Å². The topological polar surface area (TPSA) is 21.3 Å². The van der Waals surface area contributed by atoms with Gasteiger partial charge in [0.05, 0.1) is 0 Å². The van der Waals surface area contributed by atoms with E-state index in [2.05, 4.69) is 38.7 Å². The number of rotatable bonds is 10. The normalized spacial score (nSPS) is 18.2. The van der Waals surface area contributed by atoms with Gasteiger partial charge in [-0.3, -0.25) is 0 Å². The highest BCUT2D eigenvalue weighted by Gasteiger charge is 2.34. The molecule has 0 saturated carbocycles. The lowest BCUT2D eigenvalue weighted by Gasteiger charge is -2.31. The molecule has 1 unspecified atom stereocenters. The number of halogens is 3. The van der Waals surface area contributed by atoms with Crippen molar-refractivity contribution in [3.05, 3.63) is 59.2 Å². The predicted octanol–water partition coefficient (Wildman–Crippen LogP) is 7.57. The van der Waals surface area contributed by atoms with Gasteiger partial charge in [0.2, 0.25) is 0 Å². The number of nitrogens with one attached hydrogen (secondary N) is 1. The third kappa shape index (κ3) is 6.99. The van der Waals surface area contributed by atoms with E-state index in [9.17, 15) is 8.78 Å². The Balaban J connectivity index is 2.31. The van der Waals surface area contributed by atoms with Crippen molar-refractivity contribution in [2.24, 2.45) is 5.92 Å². The molecule has 5 heteroatoms. The molecule has 1 heterocycles. The number of alkyl halides is 3. The van der Waals surface area contributed by atoms with Crippen LogP contribution in [0.15, 0.2) is 48.1 Å². The quantitative estimate of drug-likeness (QED) is 0.383. The minimum atomic E-state index is -2.93. The van der Waals surface area contributed by atoms with Crippen LogP contribution in [0, 0.1) is 5.92 Å². The van der Waals surface area contributed by atoms with Crippen molar-refractivity contribution in [2.45, 2.75) is 72.1 Å². The summed E-state index contributed by atoms with van der Waals surface area (Å²) < 4.78 is 46.1. The molecule has 1 aliphatic heterocycles. The van der Waals surface area contributed by atoms with E-state index in [1.807, 2.05) is 13.0 Å². The summed E-state index contributed by atoms with van der Waals surface area (Å²) >= 11 is 0. The zero-order valence-corrected chi connectivity index (χ0v) is 19.2. The van der Waals surface area contributed by atoms with Gasteiger partial charge in [-0.2, -0.15) is 8.78 Å². The first-order chi connectivity index (χ1) is 14.7. The molecule has 1 saturated heterocycles. The van der Waals surface area contributed by atoms with Crippen molar-refractivity contribution in [1.82, 2.24) is 5.32 Å². The highest BCUT2D eigenvalue weighted by molar-refractivity contribution is 5.70. The van der Waals surface area contributed by atoms with Gasteiger partial charge in [0.15, 0.2) is 0 Å². The number of hydrogen-bond acceptors (Lipinski definition) is 2. The first-order valence-electron chi connectivity index (χ1n) is 11.2. The SMILES string of the molecule is C=C(CC)/C(=C\C(C)C/C=C(/C)c1cc(C2(F)CCNCC2)ccc1OC(F)F)CC. The van der Waals surface area contributed by atoms with Crippen LogP contribution in [0.5, 0.6) is 5.75 Å². The molecule has 0 bridgehead atoms. The summed E-state index contributed by atoms with van der Waals surface area (Å²) in [7, 11) is 0. The monoisotopic (exact) mass is 435 g/mol. The van der Waals surface area contributed by atoms with Crippen LogP contribution < -0.4 is 10.1 Å².